The van der Waals surface area contributed by atoms with Crippen LogP contribution in [0.1, 0.15) is 15.9 Å². The maximum absolute atomic E-state index is 12.0. The normalized spacial score (nSPS) is 10.1. The molecule has 2 N–H and O–H groups in total. The molecule has 0 radical (unpaired) electrons. The number of hydrogen-bond donors (Lipinski definition) is 2. The summed E-state index contributed by atoms with van der Waals surface area (Å²) in [5, 5.41) is 13.1. The molecule has 0 aliphatic rings. The number of amides is 1. The third-order valence-electron chi connectivity index (χ3n) is 2.81. The van der Waals surface area contributed by atoms with Crippen LogP contribution in [0.2, 0.25) is 0 Å². The van der Waals surface area contributed by atoms with Crippen molar-refractivity contribution >= 4 is 27.5 Å². The number of hydrogen-bond acceptors (Lipinski definition) is 3. The SMILES string of the molecule is COc1ccc(NC(=O)c2ccc(CBr)cc2)cc1O. The molecule has 0 aliphatic carbocycles. The van der Waals surface area contributed by atoms with Crippen molar-refractivity contribution in [3.8, 4) is 11.5 Å². The molecular formula is C15H14BrNO3. The number of rotatable bonds is 4. The summed E-state index contributed by atoms with van der Waals surface area (Å²) in [5.74, 6) is 0.125. The number of nitrogens with one attached hydrogen (secondary N) is 1. The standard InChI is InChI=1S/C15H14BrNO3/c1-20-14-7-6-12(8-13(14)18)17-15(19)11-4-2-10(9-16)3-5-11/h2-8,18H,9H2,1H3,(H,17,19). The van der Waals surface area contributed by atoms with E-state index in [4.69, 9.17) is 4.74 Å². The maximum atomic E-state index is 12.0. The molecule has 0 saturated heterocycles. The fourth-order valence-corrected chi connectivity index (χ4v) is 2.09. The van der Waals surface area contributed by atoms with Gasteiger partial charge in [-0.15, -0.1) is 0 Å². The van der Waals surface area contributed by atoms with Gasteiger partial charge in [0.05, 0.1) is 7.11 Å². The Bertz CT molecular complexity index is 611. The Morgan fingerprint density at radius 3 is 2.50 bits per heavy atom. The van der Waals surface area contributed by atoms with E-state index in [0.717, 1.165) is 10.9 Å². The summed E-state index contributed by atoms with van der Waals surface area (Å²) in [4.78, 5) is 12.0. The summed E-state index contributed by atoms with van der Waals surface area (Å²) in [5.41, 5.74) is 2.17. The molecule has 0 spiro atoms. The molecule has 0 aromatic heterocycles. The molecule has 2 aromatic rings. The van der Waals surface area contributed by atoms with Crippen LogP contribution in [0.25, 0.3) is 0 Å². The fraction of sp³-hybridized carbons (Fsp3) is 0.133. The summed E-state index contributed by atoms with van der Waals surface area (Å²) >= 11 is 3.35. The lowest BCUT2D eigenvalue weighted by Crippen LogP contribution is -2.11. The van der Waals surface area contributed by atoms with Crippen LogP contribution in [0.5, 0.6) is 11.5 Å². The summed E-state index contributed by atoms with van der Waals surface area (Å²) in [6, 6.07) is 12.0. The van der Waals surface area contributed by atoms with Crippen molar-refractivity contribution in [3.63, 3.8) is 0 Å². The first-order valence-electron chi connectivity index (χ1n) is 5.97. The molecule has 0 aliphatic heterocycles. The number of phenols is 1. The van der Waals surface area contributed by atoms with Crippen molar-refractivity contribution in [3.05, 3.63) is 53.6 Å². The summed E-state index contributed by atoms with van der Waals surface area (Å²) in [6.45, 7) is 0. The van der Waals surface area contributed by atoms with E-state index in [0.29, 0.717) is 17.0 Å². The second-order valence-electron chi connectivity index (χ2n) is 4.17. The average Bonchev–Trinajstić information content (AvgIpc) is 2.47. The average molecular weight is 336 g/mol. The third kappa shape index (κ3) is 3.30. The van der Waals surface area contributed by atoms with Crippen LogP contribution in [0.3, 0.4) is 0 Å². The Morgan fingerprint density at radius 2 is 1.95 bits per heavy atom. The van der Waals surface area contributed by atoms with Crippen molar-refractivity contribution < 1.29 is 14.6 Å². The van der Waals surface area contributed by atoms with E-state index in [1.165, 1.54) is 13.2 Å². The third-order valence-corrected chi connectivity index (χ3v) is 3.45. The highest BCUT2D eigenvalue weighted by molar-refractivity contribution is 9.08. The number of carbonyl (C=O) groups excluding carboxylic acids is 1. The number of methoxy groups -OCH3 is 1. The number of alkyl halides is 1. The zero-order chi connectivity index (χ0) is 14.5. The molecular weight excluding hydrogens is 322 g/mol. The van der Waals surface area contributed by atoms with Crippen molar-refractivity contribution in [2.45, 2.75) is 5.33 Å². The van der Waals surface area contributed by atoms with E-state index in [-0.39, 0.29) is 11.7 Å². The lowest BCUT2D eigenvalue weighted by atomic mass is 10.1. The quantitative estimate of drug-likeness (QED) is 0.840. The van der Waals surface area contributed by atoms with E-state index < -0.39 is 0 Å². The second-order valence-corrected chi connectivity index (χ2v) is 4.73. The van der Waals surface area contributed by atoms with E-state index in [1.54, 1.807) is 24.3 Å². The number of anilines is 1. The highest BCUT2D eigenvalue weighted by Crippen LogP contribution is 2.28. The minimum atomic E-state index is -0.226. The monoisotopic (exact) mass is 335 g/mol. The van der Waals surface area contributed by atoms with Crippen LogP contribution in [-0.4, -0.2) is 18.1 Å². The highest BCUT2D eigenvalue weighted by Gasteiger charge is 2.08. The first-order chi connectivity index (χ1) is 9.63. The first kappa shape index (κ1) is 14.4. The van der Waals surface area contributed by atoms with Gasteiger partial charge in [-0.05, 0) is 29.8 Å². The summed E-state index contributed by atoms with van der Waals surface area (Å²) in [7, 11) is 1.47. The van der Waals surface area contributed by atoms with Gasteiger partial charge >= 0.3 is 0 Å². The smallest absolute Gasteiger partial charge is 0.255 e. The maximum Gasteiger partial charge on any atom is 0.255 e. The van der Waals surface area contributed by atoms with Crippen LogP contribution in [0.4, 0.5) is 5.69 Å². The second kappa shape index (κ2) is 6.43. The van der Waals surface area contributed by atoms with E-state index in [1.807, 2.05) is 12.1 Å². The number of carbonyl (C=O) groups is 1. The molecule has 0 fully saturated rings. The molecule has 5 heteroatoms. The molecule has 0 saturated carbocycles. The Balaban J connectivity index is 2.12. The van der Waals surface area contributed by atoms with Crippen molar-refractivity contribution in [1.29, 1.82) is 0 Å². The summed E-state index contributed by atoms with van der Waals surface area (Å²) < 4.78 is 4.95. The van der Waals surface area contributed by atoms with Gasteiger partial charge in [-0.3, -0.25) is 4.79 Å². The number of benzene rings is 2. The van der Waals surface area contributed by atoms with Crippen molar-refractivity contribution in [2.24, 2.45) is 0 Å². The predicted octanol–water partition coefficient (Wildman–Crippen LogP) is 3.55. The number of ether oxygens (including phenoxy) is 1. The van der Waals surface area contributed by atoms with E-state index in [9.17, 15) is 9.90 Å². The largest absolute Gasteiger partial charge is 0.504 e. The lowest BCUT2D eigenvalue weighted by molar-refractivity contribution is 0.102. The fourth-order valence-electron chi connectivity index (χ4n) is 1.72. The molecule has 0 bridgehead atoms. The number of aromatic hydroxyl groups is 1. The first-order valence-corrected chi connectivity index (χ1v) is 7.09. The Morgan fingerprint density at radius 1 is 1.25 bits per heavy atom. The van der Waals surface area contributed by atoms with Gasteiger partial charge in [0.15, 0.2) is 11.5 Å². The van der Waals surface area contributed by atoms with Crippen molar-refractivity contribution in [2.75, 3.05) is 12.4 Å². The molecule has 2 aromatic carbocycles. The van der Waals surface area contributed by atoms with Gasteiger partial charge in [-0.25, -0.2) is 0 Å². The van der Waals surface area contributed by atoms with Crippen LogP contribution in [0, 0.1) is 0 Å². The minimum absolute atomic E-state index is 0.0139. The van der Waals surface area contributed by atoms with Crippen LogP contribution < -0.4 is 10.1 Å². The summed E-state index contributed by atoms with van der Waals surface area (Å²) in [6.07, 6.45) is 0. The van der Waals surface area contributed by atoms with Gasteiger partial charge < -0.3 is 15.2 Å². The molecule has 4 nitrogen and oxygen atoms in total. The minimum Gasteiger partial charge on any atom is -0.504 e. The zero-order valence-electron chi connectivity index (χ0n) is 10.9. The van der Waals surface area contributed by atoms with Gasteiger partial charge in [0.2, 0.25) is 0 Å². The molecule has 0 atom stereocenters. The van der Waals surface area contributed by atoms with Crippen molar-refractivity contribution in [1.82, 2.24) is 0 Å². The molecule has 104 valence electrons. The molecule has 1 amide bonds. The zero-order valence-corrected chi connectivity index (χ0v) is 12.5. The Hall–Kier alpha value is -2.01. The Labute approximate surface area is 125 Å². The van der Waals surface area contributed by atoms with Crippen LogP contribution in [-0.2, 0) is 5.33 Å². The topological polar surface area (TPSA) is 58.6 Å². The van der Waals surface area contributed by atoms with E-state index >= 15 is 0 Å². The molecule has 2 rings (SSSR count). The predicted molar refractivity (Wildman–Crippen MR) is 81.7 cm³/mol. The van der Waals surface area contributed by atoms with Gasteiger partial charge in [-0.2, -0.15) is 0 Å². The van der Waals surface area contributed by atoms with E-state index in [2.05, 4.69) is 21.2 Å². The highest BCUT2D eigenvalue weighted by atomic mass is 79.9. The molecule has 20 heavy (non-hydrogen) atoms. The number of phenolic OH excluding ortho intramolecular Hbond substituents is 1. The van der Waals surface area contributed by atoms with Gasteiger partial charge in [-0.1, -0.05) is 28.1 Å². The van der Waals surface area contributed by atoms with Gasteiger partial charge in [0.25, 0.3) is 5.91 Å². The van der Waals surface area contributed by atoms with Gasteiger partial charge in [0, 0.05) is 22.6 Å². The molecule has 0 heterocycles. The van der Waals surface area contributed by atoms with Crippen LogP contribution in [0.15, 0.2) is 42.5 Å². The number of halogens is 1. The lowest BCUT2D eigenvalue weighted by Gasteiger charge is -2.08. The van der Waals surface area contributed by atoms with Crippen LogP contribution >= 0.6 is 15.9 Å². The molecule has 0 unspecified atom stereocenters. The van der Waals surface area contributed by atoms with Gasteiger partial charge in [0.1, 0.15) is 0 Å². The Kier molecular flexibility index (Phi) is 4.63.